The van der Waals surface area contributed by atoms with Crippen molar-refractivity contribution in [3.05, 3.63) is 355 Å². The number of hydrogen-bond acceptors (Lipinski definition) is 3. The molecule has 94 heavy (non-hydrogen) atoms. The van der Waals surface area contributed by atoms with E-state index in [9.17, 15) is 0 Å². The molecule has 0 saturated carbocycles. The maximum atomic E-state index is 3.46. The van der Waals surface area contributed by atoms with Crippen molar-refractivity contribution in [2.75, 3.05) is 23.4 Å². The molecule has 4 nitrogen and oxygen atoms in total. The topological polar surface area (TPSA) is 23.4 Å². The first kappa shape index (κ1) is 66.9. The molecular formula is C90H94N4. The molecule has 1 aromatic heterocycles. The lowest BCUT2D eigenvalue weighted by Gasteiger charge is -2.38. The molecule has 1 spiro atoms. The van der Waals surface area contributed by atoms with Gasteiger partial charge in [0.2, 0.25) is 0 Å². The average Bonchev–Trinajstić information content (AvgIpc) is 1.51. The van der Waals surface area contributed by atoms with Crippen LogP contribution < -0.4 is 25.7 Å². The number of nitrogens with one attached hydrogen (secondary N) is 1. The van der Waals surface area contributed by atoms with E-state index < -0.39 is 0 Å². The third-order valence-electron chi connectivity index (χ3n) is 18.3. The lowest BCUT2D eigenvalue weighted by molar-refractivity contribution is 0.462. The van der Waals surface area contributed by atoms with E-state index in [1.54, 1.807) is 18.2 Å². The average molecular weight is 1230 g/mol. The van der Waals surface area contributed by atoms with Gasteiger partial charge in [-0.3, -0.25) is 0 Å². The van der Waals surface area contributed by atoms with E-state index in [1.807, 2.05) is 60.7 Å². The smallest absolute Gasteiger partial charge is 0.0546 e. The second kappa shape index (κ2) is 32.5. The van der Waals surface area contributed by atoms with Gasteiger partial charge >= 0.3 is 0 Å². The van der Waals surface area contributed by atoms with E-state index >= 15 is 0 Å². The van der Waals surface area contributed by atoms with Crippen LogP contribution >= 0.6 is 0 Å². The molecular weight excluding hydrogens is 1140 g/mol. The fourth-order valence-electron chi connectivity index (χ4n) is 14.5. The molecule has 0 amide bonds. The summed E-state index contributed by atoms with van der Waals surface area (Å²) >= 11 is 0. The van der Waals surface area contributed by atoms with Gasteiger partial charge in [0, 0.05) is 73.5 Å². The lowest BCUT2D eigenvalue weighted by atomic mass is 9.64. The van der Waals surface area contributed by atoms with E-state index in [0.29, 0.717) is 17.8 Å². The van der Waals surface area contributed by atoms with E-state index in [0.717, 1.165) is 67.8 Å². The highest BCUT2D eigenvalue weighted by Crippen LogP contribution is 2.66. The Hall–Kier alpha value is -10.0. The monoisotopic (exact) mass is 1230 g/mol. The molecule has 7 aromatic carbocycles. The molecule has 7 aliphatic carbocycles. The molecule has 0 fully saturated rings. The maximum Gasteiger partial charge on any atom is 0.0546 e. The number of hydrogen-bond donors (Lipinski definition) is 1. The van der Waals surface area contributed by atoms with Crippen molar-refractivity contribution < 1.29 is 0 Å². The highest BCUT2D eigenvalue weighted by molar-refractivity contribution is 5.91. The molecule has 1 heterocycles. The Labute approximate surface area is 561 Å². The molecule has 0 aliphatic heterocycles. The zero-order valence-corrected chi connectivity index (χ0v) is 56.4. The number of anilines is 5. The van der Waals surface area contributed by atoms with Gasteiger partial charge in [-0.25, -0.2) is 0 Å². The Bertz CT molecular complexity index is 4420. The van der Waals surface area contributed by atoms with Gasteiger partial charge in [0.1, 0.15) is 0 Å². The summed E-state index contributed by atoms with van der Waals surface area (Å²) in [5, 5.41) is 6.99. The van der Waals surface area contributed by atoms with Crippen LogP contribution in [0.15, 0.2) is 322 Å². The minimum absolute atomic E-state index is 0.279. The van der Waals surface area contributed by atoms with E-state index in [2.05, 4.69) is 306 Å². The first-order valence-electron chi connectivity index (χ1n) is 34.2. The Morgan fingerprint density at radius 2 is 1.27 bits per heavy atom. The molecule has 15 rings (SSSR count). The minimum Gasteiger partial charge on any atom is -0.319 e. The number of rotatable bonds is 13. The predicted molar refractivity (Wildman–Crippen MR) is 410 cm³/mol. The Kier molecular flexibility index (Phi) is 23.1. The summed E-state index contributed by atoms with van der Waals surface area (Å²) in [5.41, 5.74) is 21.6. The molecule has 4 atom stereocenters. The van der Waals surface area contributed by atoms with Crippen LogP contribution in [0.5, 0.6) is 0 Å². The highest BCUT2D eigenvalue weighted by atomic mass is 15.2. The summed E-state index contributed by atoms with van der Waals surface area (Å²) in [7, 11) is 1.96. The lowest BCUT2D eigenvalue weighted by Crippen LogP contribution is -2.34. The maximum absolute atomic E-state index is 3.46. The first-order chi connectivity index (χ1) is 46.4. The standard InChI is InChI=1S/C71H55N3.C6H13N.C5H8.C4H6.2C2H6/c1-3-22-52(23-4-1)72(54-26-17-21-50(44-54)51-38-41-64-63-32-12-16-36-69(63)74(70(64)45-51)53-24-5-2-6-25-53)55-27-18-28-56(46-55)73(57-39-37-48-19-7-8-20-49(48)43-57)58-40-42-62-61-31-11-15-35-67(61)71(68(62)47-58)65-33-13-9-29-59(65)60-30-10-14-34-66(60)71;1-3-4-5-6-7-2;1-3-5-4-2;1-3-4-2;2*1-2/h1-9,11,13-15,17-29,31-42,44-47,49,61,67H,10,12,16,30,43H2;3-4,7H,5-6H2,1-2H3;3-5H,1H2,2H3;3-4H,1-2H2;2*1-2H3/b;4-3-;5-4-;;;. The van der Waals surface area contributed by atoms with E-state index in [4.69, 9.17) is 0 Å². The summed E-state index contributed by atoms with van der Waals surface area (Å²) in [6.07, 6.45) is 52.5. The van der Waals surface area contributed by atoms with Crippen molar-refractivity contribution in [2.45, 2.75) is 91.4 Å². The van der Waals surface area contributed by atoms with Crippen LogP contribution in [0.25, 0.3) is 45.4 Å². The van der Waals surface area contributed by atoms with Gasteiger partial charge in [0.15, 0.2) is 0 Å². The molecule has 4 heteroatoms. The van der Waals surface area contributed by atoms with Gasteiger partial charge in [0.05, 0.1) is 10.9 Å². The fraction of sp³-hybridized carbons (Fsp3) is 0.200. The molecule has 8 aromatic rings. The molecule has 7 aliphatic rings. The third-order valence-corrected chi connectivity index (χ3v) is 18.3. The molecule has 1 N–H and O–H groups in total. The SMILES string of the molecule is C/C=C\CCNC.C1=CC2=CC=C(N(c3cccc(N(c4ccccc4)c4cccc(-c5ccc6c7c(n(-c8ccccc8)c6c5)=CCCC=7)c4)c3)c3ccc4c(c3)C3(C5=C(CCC=C5)c5ccccc53)C3C=CC=CC43)CC2C=C1.C=C/C=C\C.C=CC=C.CC.CC. The van der Waals surface area contributed by atoms with E-state index in [-0.39, 0.29) is 5.41 Å². The molecule has 0 saturated heterocycles. The van der Waals surface area contributed by atoms with Crippen molar-refractivity contribution in [1.82, 2.24) is 9.88 Å². The zero-order valence-electron chi connectivity index (χ0n) is 56.4. The summed E-state index contributed by atoms with van der Waals surface area (Å²) in [6, 6.07) is 63.9. The van der Waals surface area contributed by atoms with Gasteiger partial charge in [-0.15, -0.1) is 0 Å². The molecule has 0 radical (unpaired) electrons. The van der Waals surface area contributed by atoms with Gasteiger partial charge < -0.3 is 19.7 Å². The van der Waals surface area contributed by atoms with Crippen LogP contribution in [-0.4, -0.2) is 18.2 Å². The first-order valence-corrected chi connectivity index (χ1v) is 34.2. The predicted octanol–water partition coefficient (Wildman–Crippen LogP) is 22.8. The van der Waals surface area contributed by atoms with Crippen molar-refractivity contribution in [3.8, 4) is 16.8 Å². The number of para-hydroxylation sites is 2. The Balaban J connectivity index is 0.000000428. The minimum atomic E-state index is -0.279. The van der Waals surface area contributed by atoms with Crippen molar-refractivity contribution in [2.24, 2.45) is 11.8 Å². The second-order valence-corrected chi connectivity index (χ2v) is 23.6. The number of nitrogens with zero attached hydrogens (tertiary/aromatic N) is 3. The Morgan fingerprint density at radius 3 is 2.01 bits per heavy atom. The number of benzene rings is 7. The van der Waals surface area contributed by atoms with Crippen LogP contribution in [-0.2, 0) is 5.41 Å². The quantitative estimate of drug-likeness (QED) is 0.0707. The third kappa shape index (κ3) is 13.6. The van der Waals surface area contributed by atoms with Crippen LogP contribution in [0.4, 0.5) is 28.4 Å². The van der Waals surface area contributed by atoms with Crippen LogP contribution in [0.3, 0.4) is 0 Å². The number of fused-ring (bicyclic) bond motifs is 13. The number of aromatic nitrogens is 1. The van der Waals surface area contributed by atoms with Gasteiger partial charge in [-0.05, 0) is 195 Å². The summed E-state index contributed by atoms with van der Waals surface area (Å²) in [6.45, 7) is 23.3. The zero-order chi connectivity index (χ0) is 65.8. The van der Waals surface area contributed by atoms with Crippen LogP contribution in [0, 0.1) is 11.8 Å². The van der Waals surface area contributed by atoms with Crippen molar-refractivity contribution in [1.29, 1.82) is 0 Å². The summed E-state index contributed by atoms with van der Waals surface area (Å²) in [4.78, 5) is 5.00. The fourth-order valence-corrected chi connectivity index (χ4v) is 14.5. The number of allylic oxidation sites excluding steroid dienone is 22. The van der Waals surface area contributed by atoms with Crippen LogP contribution in [0.2, 0.25) is 0 Å². The Morgan fingerprint density at radius 1 is 0.585 bits per heavy atom. The molecule has 0 bridgehead atoms. The summed E-state index contributed by atoms with van der Waals surface area (Å²) in [5.74, 6) is 0.896. The van der Waals surface area contributed by atoms with Crippen LogP contribution in [0.1, 0.15) is 108 Å². The van der Waals surface area contributed by atoms with E-state index in [1.165, 1.54) is 88.6 Å². The molecule has 4 unspecified atom stereocenters. The highest BCUT2D eigenvalue weighted by Gasteiger charge is 2.57. The van der Waals surface area contributed by atoms with Gasteiger partial charge in [-0.1, -0.05) is 266 Å². The normalized spacial score (nSPS) is 18.3. The van der Waals surface area contributed by atoms with Crippen molar-refractivity contribution in [3.63, 3.8) is 0 Å². The van der Waals surface area contributed by atoms with Crippen molar-refractivity contribution >= 4 is 57.1 Å². The largest absolute Gasteiger partial charge is 0.319 e. The van der Waals surface area contributed by atoms with Gasteiger partial charge in [0.25, 0.3) is 0 Å². The molecule has 474 valence electrons. The van der Waals surface area contributed by atoms with Gasteiger partial charge in [-0.2, -0.15) is 0 Å². The second-order valence-electron chi connectivity index (χ2n) is 23.6. The summed E-state index contributed by atoms with van der Waals surface area (Å²) < 4.78 is 2.46.